The van der Waals surface area contributed by atoms with Gasteiger partial charge in [-0.3, -0.25) is 0 Å². The number of benzene rings is 1. The molecule has 0 aliphatic heterocycles. The molecule has 1 fully saturated rings. The van der Waals surface area contributed by atoms with Crippen molar-refractivity contribution in [2.24, 2.45) is 5.92 Å². The van der Waals surface area contributed by atoms with Crippen LogP contribution in [0.2, 0.25) is 10.0 Å². The summed E-state index contributed by atoms with van der Waals surface area (Å²) in [7, 11) is 0. The van der Waals surface area contributed by atoms with Gasteiger partial charge in [0.2, 0.25) is 0 Å². The Morgan fingerprint density at radius 3 is 2.67 bits per heavy atom. The van der Waals surface area contributed by atoms with E-state index in [9.17, 15) is 0 Å². The average Bonchev–Trinajstić information content (AvgIpc) is 2.83. The summed E-state index contributed by atoms with van der Waals surface area (Å²) in [6.45, 7) is 0. The lowest BCUT2D eigenvalue weighted by Crippen LogP contribution is -1.88. The Morgan fingerprint density at radius 2 is 2.00 bits per heavy atom. The van der Waals surface area contributed by atoms with E-state index in [0.29, 0.717) is 5.02 Å². The van der Waals surface area contributed by atoms with Gasteiger partial charge in [0.25, 0.3) is 0 Å². The highest BCUT2D eigenvalue weighted by Gasteiger charge is 2.22. The molecule has 1 aliphatic carbocycles. The Kier molecular flexibility index (Phi) is 2.29. The van der Waals surface area contributed by atoms with Crippen LogP contribution in [0.15, 0.2) is 18.2 Å². The lowest BCUT2D eigenvalue weighted by molar-refractivity contribution is 0.833. The third-order valence-corrected chi connectivity index (χ3v) is 3.10. The quantitative estimate of drug-likeness (QED) is 0.679. The van der Waals surface area contributed by atoms with Crippen molar-refractivity contribution in [3.05, 3.63) is 33.8 Å². The Balaban J connectivity index is 2.23. The zero-order chi connectivity index (χ0) is 8.55. The van der Waals surface area contributed by atoms with Crippen molar-refractivity contribution in [2.75, 3.05) is 0 Å². The fraction of sp³-hybridized carbons (Fsp3) is 0.400. The molecular weight excluding hydrogens is 191 g/mol. The van der Waals surface area contributed by atoms with Crippen LogP contribution < -0.4 is 0 Å². The van der Waals surface area contributed by atoms with Gasteiger partial charge in [-0.05, 0) is 36.8 Å². The van der Waals surface area contributed by atoms with Crippen LogP contribution in [0.5, 0.6) is 0 Å². The summed E-state index contributed by atoms with van der Waals surface area (Å²) in [6.07, 6.45) is 3.80. The van der Waals surface area contributed by atoms with Gasteiger partial charge >= 0.3 is 0 Å². The normalized spacial score (nSPS) is 16.5. The van der Waals surface area contributed by atoms with Crippen LogP contribution in [0.4, 0.5) is 0 Å². The van der Waals surface area contributed by atoms with E-state index in [4.69, 9.17) is 23.2 Å². The molecule has 1 aromatic carbocycles. The predicted molar refractivity (Wildman–Crippen MR) is 52.9 cm³/mol. The zero-order valence-electron chi connectivity index (χ0n) is 6.69. The lowest BCUT2D eigenvalue weighted by atomic mass is 10.1. The maximum Gasteiger partial charge on any atom is 0.0624 e. The first-order valence-corrected chi connectivity index (χ1v) is 4.96. The number of rotatable bonds is 2. The van der Waals surface area contributed by atoms with Crippen LogP contribution in [0.25, 0.3) is 0 Å². The van der Waals surface area contributed by atoms with E-state index >= 15 is 0 Å². The molecule has 0 N–H and O–H groups in total. The summed E-state index contributed by atoms with van der Waals surface area (Å²) in [5.41, 5.74) is 1.20. The van der Waals surface area contributed by atoms with E-state index < -0.39 is 0 Å². The molecule has 1 saturated carbocycles. The molecule has 0 nitrogen and oxygen atoms in total. The Morgan fingerprint density at radius 1 is 1.25 bits per heavy atom. The fourth-order valence-corrected chi connectivity index (χ4v) is 1.74. The second-order valence-electron chi connectivity index (χ2n) is 3.36. The minimum atomic E-state index is 0.676. The number of hydrogen-bond donors (Lipinski definition) is 0. The molecule has 0 aromatic heterocycles. The van der Waals surface area contributed by atoms with Gasteiger partial charge in [-0.25, -0.2) is 0 Å². The van der Waals surface area contributed by atoms with Crippen molar-refractivity contribution in [1.82, 2.24) is 0 Å². The van der Waals surface area contributed by atoms with Gasteiger partial charge in [-0.1, -0.05) is 35.3 Å². The van der Waals surface area contributed by atoms with E-state index in [0.717, 1.165) is 17.4 Å². The van der Waals surface area contributed by atoms with Crippen molar-refractivity contribution in [1.29, 1.82) is 0 Å². The summed E-state index contributed by atoms with van der Waals surface area (Å²) < 4.78 is 0. The molecular formula is C10H10Cl2. The van der Waals surface area contributed by atoms with E-state index in [-0.39, 0.29) is 0 Å². The monoisotopic (exact) mass is 200 g/mol. The highest BCUT2D eigenvalue weighted by Crippen LogP contribution is 2.36. The van der Waals surface area contributed by atoms with Crippen LogP contribution >= 0.6 is 23.2 Å². The van der Waals surface area contributed by atoms with Crippen molar-refractivity contribution in [2.45, 2.75) is 19.3 Å². The predicted octanol–water partition coefficient (Wildman–Crippen LogP) is 3.95. The summed E-state index contributed by atoms with van der Waals surface area (Å²) >= 11 is 11.9. The SMILES string of the molecule is Clc1cccc(CC2CC2)c1Cl. The minimum absolute atomic E-state index is 0.676. The molecule has 2 rings (SSSR count). The van der Waals surface area contributed by atoms with Gasteiger partial charge in [-0.15, -0.1) is 0 Å². The Hall–Kier alpha value is -0.200. The molecule has 12 heavy (non-hydrogen) atoms. The topological polar surface area (TPSA) is 0 Å². The maximum absolute atomic E-state index is 6.03. The van der Waals surface area contributed by atoms with Gasteiger partial charge in [0.15, 0.2) is 0 Å². The third kappa shape index (κ3) is 1.75. The molecule has 0 heterocycles. The van der Waals surface area contributed by atoms with Crippen LogP contribution in [-0.2, 0) is 6.42 Å². The molecule has 0 radical (unpaired) electrons. The molecule has 0 spiro atoms. The highest BCUT2D eigenvalue weighted by molar-refractivity contribution is 6.42. The Bertz CT molecular complexity index is 290. The summed E-state index contributed by atoms with van der Waals surface area (Å²) in [5.74, 6) is 0.862. The maximum atomic E-state index is 6.03. The zero-order valence-corrected chi connectivity index (χ0v) is 8.20. The first kappa shape index (κ1) is 8.40. The molecule has 1 aliphatic rings. The molecule has 0 amide bonds. The van der Waals surface area contributed by atoms with Crippen molar-refractivity contribution < 1.29 is 0 Å². The number of hydrogen-bond acceptors (Lipinski definition) is 0. The minimum Gasteiger partial charge on any atom is -0.0827 e. The molecule has 1 aromatic rings. The standard InChI is InChI=1S/C10H10Cl2/c11-9-3-1-2-8(10(9)12)6-7-4-5-7/h1-3,7H,4-6H2. The van der Waals surface area contributed by atoms with E-state index in [1.54, 1.807) is 0 Å². The van der Waals surface area contributed by atoms with Crippen LogP contribution in [0.1, 0.15) is 18.4 Å². The smallest absolute Gasteiger partial charge is 0.0624 e. The van der Waals surface area contributed by atoms with Crippen molar-refractivity contribution in [3.63, 3.8) is 0 Å². The molecule has 0 saturated heterocycles. The molecule has 0 unspecified atom stereocenters. The first-order chi connectivity index (χ1) is 5.77. The van der Waals surface area contributed by atoms with Gasteiger partial charge in [0, 0.05) is 0 Å². The fourth-order valence-electron chi connectivity index (χ4n) is 1.34. The van der Waals surface area contributed by atoms with Crippen LogP contribution in [0, 0.1) is 5.92 Å². The number of halogens is 2. The Labute approximate surface area is 82.5 Å². The van der Waals surface area contributed by atoms with Gasteiger partial charge in [-0.2, -0.15) is 0 Å². The molecule has 2 heteroatoms. The molecule has 0 atom stereocenters. The lowest BCUT2D eigenvalue weighted by Gasteiger charge is -2.03. The van der Waals surface area contributed by atoms with Crippen LogP contribution in [-0.4, -0.2) is 0 Å². The second-order valence-corrected chi connectivity index (χ2v) is 4.15. The van der Waals surface area contributed by atoms with Crippen molar-refractivity contribution >= 4 is 23.2 Å². The van der Waals surface area contributed by atoms with Crippen LogP contribution in [0.3, 0.4) is 0 Å². The highest BCUT2D eigenvalue weighted by atomic mass is 35.5. The third-order valence-electron chi connectivity index (χ3n) is 2.24. The van der Waals surface area contributed by atoms with Gasteiger partial charge < -0.3 is 0 Å². The second kappa shape index (κ2) is 3.27. The van der Waals surface area contributed by atoms with Crippen molar-refractivity contribution in [3.8, 4) is 0 Å². The largest absolute Gasteiger partial charge is 0.0827 e. The average molecular weight is 201 g/mol. The molecule has 64 valence electrons. The molecule has 0 bridgehead atoms. The summed E-state index contributed by atoms with van der Waals surface area (Å²) in [4.78, 5) is 0. The van der Waals surface area contributed by atoms with E-state index in [1.807, 2.05) is 12.1 Å². The van der Waals surface area contributed by atoms with Gasteiger partial charge in [0.1, 0.15) is 0 Å². The van der Waals surface area contributed by atoms with Gasteiger partial charge in [0.05, 0.1) is 10.0 Å². The summed E-state index contributed by atoms with van der Waals surface area (Å²) in [5, 5.41) is 1.42. The first-order valence-electron chi connectivity index (χ1n) is 4.20. The summed E-state index contributed by atoms with van der Waals surface area (Å²) in [6, 6.07) is 5.86. The van der Waals surface area contributed by atoms with E-state index in [2.05, 4.69) is 6.07 Å². The van der Waals surface area contributed by atoms with E-state index in [1.165, 1.54) is 18.4 Å².